The molecule has 1 atom stereocenters. The second-order valence-corrected chi connectivity index (χ2v) is 5.44. The van der Waals surface area contributed by atoms with E-state index in [0.717, 1.165) is 35.6 Å². The maximum atomic E-state index is 9.91. The molecule has 4 heteroatoms. The van der Waals surface area contributed by atoms with Crippen molar-refractivity contribution in [1.82, 2.24) is 0 Å². The number of rotatable bonds is 2. The Balaban J connectivity index is 1.59. The van der Waals surface area contributed by atoms with Crippen molar-refractivity contribution in [3.8, 4) is 17.2 Å². The molecular formula is C17H17NO3. The van der Waals surface area contributed by atoms with Crippen molar-refractivity contribution < 1.29 is 14.6 Å². The number of aromatic hydroxyl groups is 1. The maximum absolute atomic E-state index is 9.91. The Labute approximate surface area is 123 Å². The predicted molar refractivity (Wildman–Crippen MR) is 80.2 cm³/mol. The van der Waals surface area contributed by atoms with Gasteiger partial charge in [-0.1, -0.05) is 12.1 Å². The molecule has 1 unspecified atom stereocenters. The summed E-state index contributed by atoms with van der Waals surface area (Å²) in [6, 6.07) is 11.9. The van der Waals surface area contributed by atoms with Crippen LogP contribution in [0.1, 0.15) is 23.6 Å². The van der Waals surface area contributed by atoms with Crippen molar-refractivity contribution in [2.45, 2.75) is 18.9 Å². The van der Waals surface area contributed by atoms with Crippen LogP contribution in [0.2, 0.25) is 0 Å². The van der Waals surface area contributed by atoms with Gasteiger partial charge in [-0.15, -0.1) is 0 Å². The highest BCUT2D eigenvalue weighted by Crippen LogP contribution is 2.39. The van der Waals surface area contributed by atoms with Crippen LogP contribution in [0.15, 0.2) is 36.4 Å². The first-order valence-corrected chi connectivity index (χ1v) is 7.28. The van der Waals surface area contributed by atoms with Gasteiger partial charge in [0.1, 0.15) is 19.0 Å². The van der Waals surface area contributed by atoms with Crippen LogP contribution in [-0.2, 0) is 6.42 Å². The van der Waals surface area contributed by atoms with Gasteiger partial charge >= 0.3 is 0 Å². The van der Waals surface area contributed by atoms with Gasteiger partial charge in [0, 0.05) is 11.8 Å². The fraction of sp³-hybridized carbons (Fsp3) is 0.294. The van der Waals surface area contributed by atoms with Crippen molar-refractivity contribution in [1.29, 1.82) is 0 Å². The molecule has 1 aliphatic carbocycles. The number of benzene rings is 2. The molecule has 0 radical (unpaired) electrons. The first kappa shape index (κ1) is 12.4. The lowest BCUT2D eigenvalue weighted by Gasteiger charge is -2.21. The van der Waals surface area contributed by atoms with Crippen LogP contribution in [0.3, 0.4) is 0 Å². The Morgan fingerprint density at radius 3 is 2.81 bits per heavy atom. The zero-order chi connectivity index (χ0) is 14.2. The number of hydrogen-bond donors (Lipinski definition) is 2. The van der Waals surface area contributed by atoms with Gasteiger partial charge in [-0.05, 0) is 42.2 Å². The van der Waals surface area contributed by atoms with Crippen molar-refractivity contribution in [3.63, 3.8) is 0 Å². The molecule has 1 aliphatic heterocycles. The Bertz CT molecular complexity index is 684. The monoisotopic (exact) mass is 283 g/mol. The predicted octanol–water partition coefficient (Wildman–Crippen LogP) is 3.26. The summed E-state index contributed by atoms with van der Waals surface area (Å²) in [4.78, 5) is 0. The minimum atomic E-state index is 0.231. The second kappa shape index (κ2) is 4.88. The highest BCUT2D eigenvalue weighted by atomic mass is 16.6. The summed E-state index contributed by atoms with van der Waals surface area (Å²) in [7, 11) is 0. The Kier molecular flexibility index (Phi) is 2.88. The summed E-state index contributed by atoms with van der Waals surface area (Å²) >= 11 is 0. The molecule has 0 spiro atoms. The minimum Gasteiger partial charge on any atom is -0.508 e. The first-order chi connectivity index (χ1) is 10.3. The number of anilines is 1. The van der Waals surface area contributed by atoms with Crippen molar-refractivity contribution in [2.75, 3.05) is 18.5 Å². The van der Waals surface area contributed by atoms with Crippen LogP contribution in [0, 0.1) is 0 Å². The summed E-state index contributed by atoms with van der Waals surface area (Å²) in [5.41, 5.74) is 3.26. The highest BCUT2D eigenvalue weighted by Gasteiger charge is 2.24. The third-order valence-electron chi connectivity index (χ3n) is 4.13. The molecule has 2 aromatic carbocycles. The molecule has 2 aliphatic rings. The van der Waals surface area contributed by atoms with E-state index in [9.17, 15) is 5.11 Å². The topological polar surface area (TPSA) is 50.7 Å². The standard InChI is InChI=1S/C17H17NO3/c19-15-3-1-2-12-13(15)5-6-14(12)18-11-4-7-16-17(10-11)21-9-8-20-16/h1-4,7,10,14,18-19H,5-6,8-9H2. The molecule has 4 rings (SSSR count). The summed E-state index contributed by atoms with van der Waals surface area (Å²) < 4.78 is 11.1. The normalized spacial score (nSPS) is 19.1. The van der Waals surface area contributed by atoms with Gasteiger partial charge in [-0.3, -0.25) is 0 Å². The van der Waals surface area contributed by atoms with Gasteiger partial charge in [0.2, 0.25) is 0 Å². The fourth-order valence-electron chi connectivity index (χ4n) is 3.12. The van der Waals surface area contributed by atoms with Crippen LogP contribution < -0.4 is 14.8 Å². The summed E-state index contributed by atoms with van der Waals surface area (Å²) in [5, 5.41) is 13.4. The zero-order valence-electron chi connectivity index (χ0n) is 11.6. The van der Waals surface area contributed by atoms with E-state index in [1.54, 1.807) is 6.07 Å². The number of ether oxygens (including phenoxy) is 2. The lowest BCUT2D eigenvalue weighted by atomic mass is 10.1. The molecule has 21 heavy (non-hydrogen) atoms. The van der Waals surface area contributed by atoms with Crippen molar-refractivity contribution in [2.24, 2.45) is 0 Å². The fourth-order valence-corrected chi connectivity index (χ4v) is 3.12. The highest BCUT2D eigenvalue weighted by molar-refractivity contribution is 5.57. The van der Waals surface area contributed by atoms with Gasteiger partial charge in [0.05, 0.1) is 6.04 Å². The molecule has 4 nitrogen and oxygen atoms in total. The maximum Gasteiger partial charge on any atom is 0.163 e. The SMILES string of the molecule is Oc1cccc2c1CCC2Nc1ccc2c(c1)OCCO2. The second-order valence-electron chi connectivity index (χ2n) is 5.44. The molecule has 1 heterocycles. The van der Waals surface area contributed by atoms with E-state index in [4.69, 9.17) is 9.47 Å². The molecule has 0 saturated heterocycles. The Hall–Kier alpha value is -2.36. The third kappa shape index (κ3) is 2.17. The molecule has 0 fully saturated rings. The zero-order valence-corrected chi connectivity index (χ0v) is 11.6. The largest absolute Gasteiger partial charge is 0.508 e. The smallest absolute Gasteiger partial charge is 0.163 e. The van der Waals surface area contributed by atoms with E-state index < -0.39 is 0 Å². The lowest BCUT2D eigenvalue weighted by Crippen LogP contribution is -2.15. The van der Waals surface area contributed by atoms with E-state index in [2.05, 4.69) is 11.4 Å². The number of fused-ring (bicyclic) bond motifs is 2. The van der Waals surface area contributed by atoms with Gasteiger partial charge in [-0.25, -0.2) is 0 Å². The van der Waals surface area contributed by atoms with E-state index in [0.29, 0.717) is 19.0 Å². The Morgan fingerprint density at radius 2 is 1.90 bits per heavy atom. The number of phenols is 1. The average molecular weight is 283 g/mol. The quantitative estimate of drug-likeness (QED) is 0.888. The van der Waals surface area contributed by atoms with Gasteiger partial charge < -0.3 is 19.9 Å². The van der Waals surface area contributed by atoms with E-state index >= 15 is 0 Å². The van der Waals surface area contributed by atoms with E-state index in [-0.39, 0.29) is 6.04 Å². The molecular weight excluding hydrogens is 266 g/mol. The molecule has 0 amide bonds. The summed E-state index contributed by atoms with van der Waals surface area (Å²) in [5.74, 6) is 2.00. The molecule has 0 bridgehead atoms. The van der Waals surface area contributed by atoms with Gasteiger partial charge in [0.15, 0.2) is 11.5 Å². The van der Waals surface area contributed by atoms with E-state index in [1.165, 1.54) is 5.56 Å². The Morgan fingerprint density at radius 1 is 1.05 bits per heavy atom. The van der Waals surface area contributed by atoms with Crippen LogP contribution in [0.5, 0.6) is 17.2 Å². The van der Waals surface area contributed by atoms with Gasteiger partial charge in [0.25, 0.3) is 0 Å². The summed E-state index contributed by atoms with van der Waals surface area (Å²) in [6.07, 6.45) is 1.89. The molecule has 2 N–H and O–H groups in total. The number of hydrogen-bond acceptors (Lipinski definition) is 4. The molecule has 0 aromatic heterocycles. The number of phenolic OH excluding ortho intramolecular Hbond substituents is 1. The van der Waals surface area contributed by atoms with E-state index in [1.807, 2.05) is 24.3 Å². The van der Waals surface area contributed by atoms with Crippen molar-refractivity contribution in [3.05, 3.63) is 47.5 Å². The van der Waals surface area contributed by atoms with Crippen LogP contribution >= 0.6 is 0 Å². The molecule has 108 valence electrons. The first-order valence-electron chi connectivity index (χ1n) is 7.28. The lowest BCUT2D eigenvalue weighted by molar-refractivity contribution is 0.171. The minimum absolute atomic E-state index is 0.231. The van der Waals surface area contributed by atoms with Crippen LogP contribution in [0.25, 0.3) is 0 Å². The van der Waals surface area contributed by atoms with Gasteiger partial charge in [-0.2, -0.15) is 0 Å². The van der Waals surface area contributed by atoms with Crippen LogP contribution in [-0.4, -0.2) is 18.3 Å². The summed E-state index contributed by atoms with van der Waals surface area (Å²) in [6.45, 7) is 1.20. The van der Waals surface area contributed by atoms with Crippen molar-refractivity contribution >= 4 is 5.69 Å². The van der Waals surface area contributed by atoms with Crippen LogP contribution in [0.4, 0.5) is 5.69 Å². The molecule has 2 aromatic rings. The average Bonchev–Trinajstić information content (AvgIpc) is 2.92. The third-order valence-corrected chi connectivity index (χ3v) is 4.13. The number of nitrogens with one attached hydrogen (secondary N) is 1. The molecule has 0 saturated carbocycles.